The Morgan fingerprint density at radius 2 is 1.71 bits per heavy atom. The molecule has 3 aromatic rings. The third-order valence-electron chi connectivity index (χ3n) is 6.64. The molecule has 0 radical (unpaired) electrons. The van der Waals surface area contributed by atoms with Gasteiger partial charge in [0.15, 0.2) is 11.4 Å². The van der Waals surface area contributed by atoms with Gasteiger partial charge in [0.2, 0.25) is 0 Å². The number of nitrogens with zero attached hydrogens (tertiary/aromatic N) is 3. The van der Waals surface area contributed by atoms with Crippen molar-refractivity contribution in [2.75, 3.05) is 13.1 Å². The van der Waals surface area contributed by atoms with Crippen LogP contribution in [0, 0.1) is 25.5 Å². The number of nitrogens with one attached hydrogen (secondary N) is 1. The average Bonchev–Trinajstić information content (AvgIpc) is 3.26. The Morgan fingerprint density at radius 3 is 2.29 bits per heavy atom. The number of alkyl halides is 3. The second kappa shape index (κ2) is 14.1. The van der Waals surface area contributed by atoms with Gasteiger partial charge in [-0.3, -0.25) is 9.20 Å². The number of ether oxygens (including phenoxy) is 2. The van der Waals surface area contributed by atoms with E-state index in [-0.39, 0.29) is 36.8 Å². The number of piperidine rings is 1. The van der Waals surface area contributed by atoms with Crippen molar-refractivity contribution in [3.63, 3.8) is 0 Å². The number of likely N-dealkylation sites (tertiary alicyclic amines) is 1. The van der Waals surface area contributed by atoms with E-state index in [0.29, 0.717) is 29.3 Å². The Kier molecular flexibility index (Phi) is 11.0. The molecule has 2 aromatic heterocycles. The summed E-state index contributed by atoms with van der Waals surface area (Å²) >= 11 is 0. The second-order valence-corrected chi connectivity index (χ2v) is 11.4. The van der Waals surface area contributed by atoms with Crippen LogP contribution in [-0.2, 0) is 16.1 Å². The van der Waals surface area contributed by atoms with Crippen molar-refractivity contribution < 1.29 is 50.9 Å². The first-order valence-electron chi connectivity index (χ1n) is 14.0. The van der Waals surface area contributed by atoms with Gasteiger partial charge < -0.3 is 24.8 Å². The second-order valence-electron chi connectivity index (χ2n) is 11.4. The lowest BCUT2D eigenvalue weighted by Crippen LogP contribution is -2.50. The maximum absolute atomic E-state index is 14.1. The molecule has 0 unspecified atom stereocenters. The highest BCUT2D eigenvalue weighted by Crippen LogP contribution is 2.26. The first-order valence-corrected chi connectivity index (χ1v) is 14.0. The van der Waals surface area contributed by atoms with Crippen molar-refractivity contribution >= 4 is 23.6 Å². The number of halogens is 5. The number of aliphatic carboxylic acids is 1. The van der Waals surface area contributed by atoms with Crippen LogP contribution >= 0.6 is 0 Å². The molecule has 0 saturated carbocycles. The highest BCUT2D eigenvalue weighted by molar-refractivity contribution is 5.95. The van der Waals surface area contributed by atoms with Crippen molar-refractivity contribution in [2.24, 2.45) is 0 Å². The summed E-state index contributed by atoms with van der Waals surface area (Å²) in [7, 11) is 0. The summed E-state index contributed by atoms with van der Waals surface area (Å²) in [6.07, 6.45) is -1.11. The number of carbonyl (C=O) groups excluding carboxylic acids is 2. The third-order valence-corrected chi connectivity index (χ3v) is 6.64. The number of aryl methyl sites for hydroxylation is 2. The lowest BCUT2D eigenvalue weighted by molar-refractivity contribution is -0.192. The number of fused-ring (bicyclic) bond motifs is 1. The Bertz CT molecular complexity index is 1530. The van der Waals surface area contributed by atoms with Crippen LogP contribution in [0.25, 0.3) is 5.65 Å². The van der Waals surface area contributed by atoms with Gasteiger partial charge >= 0.3 is 18.2 Å². The van der Waals surface area contributed by atoms with Crippen molar-refractivity contribution in [1.82, 2.24) is 19.6 Å². The van der Waals surface area contributed by atoms with Crippen LogP contribution in [0.5, 0.6) is 5.75 Å². The van der Waals surface area contributed by atoms with Crippen LogP contribution in [0.2, 0.25) is 0 Å². The van der Waals surface area contributed by atoms with Gasteiger partial charge in [0, 0.05) is 19.3 Å². The summed E-state index contributed by atoms with van der Waals surface area (Å²) in [4.78, 5) is 41.2. The fourth-order valence-electron chi connectivity index (χ4n) is 4.63. The molecule has 2 N–H and O–H groups in total. The molecule has 1 aromatic carbocycles. The number of carbonyl (C=O) groups is 3. The maximum atomic E-state index is 14.1. The number of rotatable bonds is 6. The van der Waals surface area contributed by atoms with Gasteiger partial charge in [0.25, 0.3) is 5.91 Å². The van der Waals surface area contributed by atoms with E-state index in [4.69, 9.17) is 19.4 Å². The largest absolute Gasteiger partial charge is 0.490 e. The number of hydrogen-bond acceptors (Lipinski definition) is 6. The van der Waals surface area contributed by atoms with E-state index in [1.807, 2.05) is 27.7 Å². The molecule has 45 heavy (non-hydrogen) atoms. The first kappa shape index (κ1) is 35.1. The van der Waals surface area contributed by atoms with Crippen molar-refractivity contribution in [3.05, 3.63) is 64.6 Å². The molecular weight excluding hydrogens is 607 g/mol. The zero-order valence-electron chi connectivity index (χ0n) is 25.4. The smallest absolute Gasteiger partial charge is 0.485 e. The minimum absolute atomic E-state index is 0.182. The number of carboxylic acids is 1. The highest BCUT2D eigenvalue weighted by Gasteiger charge is 2.38. The third kappa shape index (κ3) is 9.28. The minimum atomic E-state index is -5.08. The van der Waals surface area contributed by atoms with Gasteiger partial charge in [-0.1, -0.05) is 6.07 Å². The molecule has 1 aliphatic heterocycles. The number of benzene rings is 1. The summed E-state index contributed by atoms with van der Waals surface area (Å²) in [5, 5.41) is 10.1. The summed E-state index contributed by atoms with van der Waals surface area (Å²) in [5.74, 6) is -4.19. The Hall–Kier alpha value is -4.43. The van der Waals surface area contributed by atoms with Crippen LogP contribution in [0.15, 0.2) is 30.5 Å². The Balaban J connectivity index is 0.000000707. The van der Waals surface area contributed by atoms with E-state index in [1.165, 1.54) is 18.2 Å². The van der Waals surface area contributed by atoms with Gasteiger partial charge in [-0.15, -0.1) is 0 Å². The number of pyridine rings is 1. The average molecular weight is 643 g/mol. The maximum Gasteiger partial charge on any atom is 0.490 e. The molecule has 0 spiro atoms. The molecule has 2 amide bonds. The van der Waals surface area contributed by atoms with Crippen LogP contribution < -0.4 is 10.1 Å². The Morgan fingerprint density at radius 1 is 1.09 bits per heavy atom. The predicted octanol–water partition coefficient (Wildman–Crippen LogP) is 5.96. The monoisotopic (exact) mass is 642 g/mol. The normalized spacial score (nSPS) is 15.2. The highest BCUT2D eigenvalue weighted by atomic mass is 19.4. The molecule has 1 atom stereocenters. The van der Waals surface area contributed by atoms with Crippen molar-refractivity contribution in [3.8, 4) is 5.75 Å². The minimum Gasteiger partial charge on any atom is -0.485 e. The van der Waals surface area contributed by atoms with E-state index < -0.39 is 29.4 Å². The van der Waals surface area contributed by atoms with E-state index >= 15 is 0 Å². The lowest BCUT2D eigenvalue weighted by atomic mass is 10.0. The van der Waals surface area contributed by atoms with Gasteiger partial charge in [-0.25, -0.2) is 23.4 Å². The summed E-state index contributed by atoms with van der Waals surface area (Å²) in [6, 6.07) is 5.17. The number of amides is 2. The predicted molar refractivity (Wildman–Crippen MR) is 152 cm³/mol. The van der Waals surface area contributed by atoms with Gasteiger partial charge in [0.1, 0.15) is 29.5 Å². The van der Waals surface area contributed by atoms with Gasteiger partial charge in [0.05, 0.1) is 17.3 Å². The van der Waals surface area contributed by atoms with Crippen LogP contribution in [0.3, 0.4) is 0 Å². The summed E-state index contributed by atoms with van der Waals surface area (Å²) < 4.78 is 72.9. The first-order chi connectivity index (χ1) is 20.9. The molecule has 4 rings (SSSR count). The fourth-order valence-corrected chi connectivity index (χ4v) is 4.63. The van der Waals surface area contributed by atoms with E-state index in [1.54, 1.807) is 28.5 Å². The van der Waals surface area contributed by atoms with E-state index in [0.717, 1.165) is 24.8 Å². The van der Waals surface area contributed by atoms with E-state index in [2.05, 4.69) is 10.3 Å². The molecule has 0 bridgehead atoms. The molecule has 246 valence electrons. The molecule has 1 aliphatic rings. The van der Waals surface area contributed by atoms with Crippen LogP contribution in [0.4, 0.5) is 26.7 Å². The van der Waals surface area contributed by atoms with E-state index in [9.17, 15) is 31.5 Å². The Labute approximate surface area is 256 Å². The van der Waals surface area contributed by atoms with Gasteiger partial charge in [-0.05, 0) is 77.6 Å². The van der Waals surface area contributed by atoms with Crippen molar-refractivity contribution in [1.29, 1.82) is 0 Å². The lowest BCUT2D eigenvalue weighted by Gasteiger charge is -2.36. The standard InChI is InChI=1S/C28H34F2N4O4.C2HF3O2/c1-17-13-23(37-16-20-21(29)10-8-11-22(20)30)25-32-18(2)24(34(25)15-17)26(35)31-14-19-9-6-7-12-33(19)27(36)38-28(3,4)5;3-2(4,5)1(6)7/h8,10-11,13,15,19H,6-7,9,12,14,16H2,1-5H3,(H,31,35);(H,6,7)/t19-;/m1./s1. The molecule has 3 heterocycles. The number of carboxylic acid groups (broad SMARTS) is 1. The SMILES string of the molecule is Cc1cc(OCc2c(F)cccc2F)c2nc(C)c(C(=O)NC[C@H]3CCCCN3C(=O)OC(C)(C)C)n2c1.O=C(O)C(F)(F)F. The molecule has 10 nitrogen and oxygen atoms in total. The zero-order valence-corrected chi connectivity index (χ0v) is 25.4. The van der Waals surface area contributed by atoms with Crippen LogP contribution in [-0.4, -0.2) is 68.3 Å². The summed E-state index contributed by atoms with van der Waals surface area (Å²) in [6.45, 7) is 9.54. The molecular formula is C30H35F5N4O6. The zero-order chi connectivity index (χ0) is 33.7. The fraction of sp³-hybridized carbons (Fsp3) is 0.467. The molecule has 15 heteroatoms. The topological polar surface area (TPSA) is 122 Å². The van der Waals surface area contributed by atoms with Gasteiger partial charge in [-0.2, -0.15) is 13.2 Å². The molecule has 0 aliphatic carbocycles. The number of imidazole rings is 1. The molecule has 1 fully saturated rings. The molecule has 1 saturated heterocycles. The quantitative estimate of drug-likeness (QED) is 0.318. The number of aromatic nitrogens is 2. The van der Waals surface area contributed by atoms with Crippen molar-refractivity contribution in [2.45, 2.75) is 78.3 Å². The number of hydrogen-bond donors (Lipinski definition) is 2. The summed E-state index contributed by atoms with van der Waals surface area (Å²) in [5.41, 5.74) is 1.15. The van der Waals surface area contributed by atoms with Crippen LogP contribution in [0.1, 0.15) is 67.3 Å².